The van der Waals surface area contributed by atoms with E-state index >= 15 is 0 Å². The van der Waals surface area contributed by atoms with E-state index in [4.69, 9.17) is 4.74 Å². The summed E-state index contributed by atoms with van der Waals surface area (Å²) in [6.07, 6.45) is 0. The average molecular weight is 260 g/mol. The van der Waals surface area contributed by atoms with E-state index in [2.05, 4.69) is 27.8 Å². The smallest absolute Gasteiger partial charge is 0.165 e. The molecule has 1 aromatic rings. The predicted molar refractivity (Wildman–Crippen MR) is 59.5 cm³/mol. The van der Waals surface area contributed by atoms with Gasteiger partial charge in [0.15, 0.2) is 11.6 Å². The largest absolute Gasteiger partial charge is 0.494 e. The number of ether oxygens (including phenoxy) is 1. The summed E-state index contributed by atoms with van der Waals surface area (Å²) in [6, 6.07) is 4.61. The van der Waals surface area contributed by atoms with Crippen LogP contribution >= 0.6 is 15.9 Å². The zero-order chi connectivity index (χ0) is 10.6. The lowest BCUT2D eigenvalue weighted by atomic mass is 10.3. The molecule has 1 N–H and O–H groups in total. The predicted octanol–water partition coefficient (Wildman–Crippen LogP) is 3.15. The summed E-state index contributed by atoms with van der Waals surface area (Å²) in [6.45, 7) is 4.27. The molecule has 1 rings (SSSR count). The van der Waals surface area contributed by atoms with E-state index in [9.17, 15) is 4.39 Å². The minimum Gasteiger partial charge on any atom is -0.494 e. The Morgan fingerprint density at radius 2 is 2.36 bits per heavy atom. The first-order valence-electron chi connectivity index (χ1n) is 4.04. The highest BCUT2D eigenvalue weighted by Crippen LogP contribution is 2.21. The lowest BCUT2D eigenvalue weighted by molar-refractivity contribution is 0.387. The highest BCUT2D eigenvalue weighted by molar-refractivity contribution is 9.11. The van der Waals surface area contributed by atoms with Gasteiger partial charge >= 0.3 is 0 Å². The molecule has 0 bridgehead atoms. The quantitative estimate of drug-likeness (QED) is 0.897. The number of methoxy groups -OCH3 is 1. The second-order valence-electron chi connectivity index (χ2n) is 2.72. The van der Waals surface area contributed by atoms with E-state index in [1.165, 1.54) is 13.2 Å². The number of hydrogen-bond acceptors (Lipinski definition) is 2. The van der Waals surface area contributed by atoms with Crippen LogP contribution in [0.2, 0.25) is 0 Å². The van der Waals surface area contributed by atoms with Crippen molar-refractivity contribution in [2.45, 2.75) is 0 Å². The number of hydrogen-bond donors (Lipinski definition) is 1. The summed E-state index contributed by atoms with van der Waals surface area (Å²) in [5.74, 6) is -0.133. The lowest BCUT2D eigenvalue weighted by Gasteiger charge is -2.07. The van der Waals surface area contributed by atoms with E-state index in [0.717, 1.165) is 10.2 Å². The van der Waals surface area contributed by atoms with E-state index < -0.39 is 0 Å². The van der Waals surface area contributed by atoms with E-state index in [1.807, 2.05) is 0 Å². The van der Waals surface area contributed by atoms with Gasteiger partial charge in [0, 0.05) is 22.8 Å². The Balaban J connectivity index is 2.74. The second kappa shape index (κ2) is 5.00. The lowest BCUT2D eigenvalue weighted by Crippen LogP contribution is -2.01. The van der Waals surface area contributed by atoms with E-state index in [-0.39, 0.29) is 11.6 Å². The summed E-state index contributed by atoms with van der Waals surface area (Å²) in [4.78, 5) is 0. The van der Waals surface area contributed by atoms with E-state index in [0.29, 0.717) is 6.54 Å². The molecule has 0 radical (unpaired) electrons. The van der Waals surface area contributed by atoms with Crippen molar-refractivity contribution in [2.24, 2.45) is 0 Å². The van der Waals surface area contributed by atoms with Gasteiger partial charge in [-0.1, -0.05) is 22.5 Å². The molecule has 4 heteroatoms. The van der Waals surface area contributed by atoms with Crippen molar-refractivity contribution in [2.75, 3.05) is 19.0 Å². The molecule has 2 nitrogen and oxygen atoms in total. The molecule has 1 aromatic carbocycles. The molecule has 0 saturated carbocycles. The van der Waals surface area contributed by atoms with Crippen LogP contribution in [0.3, 0.4) is 0 Å². The summed E-state index contributed by atoms with van der Waals surface area (Å²) >= 11 is 3.22. The number of rotatable bonds is 4. The third kappa shape index (κ3) is 3.03. The van der Waals surface area contributed by atoms with E-state index in [1.54, 1.807) is 12.1 Å². The van der Waals surface area contributed by atoms with Crippen molar-refractivity contribution in [3.8, 4) is 5.75 Å². The van der Waals surface area contributed by atoms with Crippen molar-refractivity contribution < 1.29 is 9.13 Å². The Morgan fingerprint density at radius 1 is 1.64 bits per heavy atom. The SMILES string of the molecule is C=C(Br)CNc1ccc(F)c(OC)c1. The maximum Gasteiger partial charge on any atom is 0.165 e. The zero-order valence-corrected chi connectivity index (χ0v) is 9.40. The van der Waals surface area contributed by atoms with Gasteiger partial charge in [-0.15, -0.1) is 0 Å². The van der Waals surface area contributed by atoms with Crippen molar-refractivity contribution in [3.05, 3.63) is 35.1 Å². The standard InChI is InChI=1S/C10H11BrFNO/c1-7(11)6-13-8-3-4-9(12)10(5-8)14-2/h3-5,13H,1,6H2,2H3. The molecule has 0 fully saturated rings. The molecule has 0 aliphatic rings. The maximum absolute atomic E-state index is 13.0. The first-order valence-corrected chi connectivity index (χ1v) is 4.83. The van der Waals surface area contributed by atoms with Gasteiger partial charge < -0.3 is 10.1 Å². The Labute approximate surface area is 90.9 Å². The molecule has 0 aliphatic carbocycles. The number of benzene rings is 1. The molecule has 0 amide bonds. The second-order valence-corrected chi connectivity index (χ2v) is 3.84. The molecule has 0 heterocycles. The fraction of sp³-hybridized carbons (Fsp3) is 0.200. The van der Waals surface area contributed by atoms with Gasteiger partial charge in [-0.25, -0.2) is 4.39 Å². The number of nitrogens with one attached hydrogen (secondary N) is 1. The minimum atomic E-state index is -0.365. The Morgan fingerprint density at radius 3 is 2.93 bits per heavy atom. The summed E-state index contributed by atoms with van der Waals surface area (Å²) in [5, 5.41) is 3.05. The maximum atomic E-state index is 13.0. The van der Waals surface area contributed by atoms with Crippen LogP contribution in [0.4, 0.5) is 10.1 Å². The van der Waals surface area contributed by atoms with Crippen molar-refractivity contribution in [3.63, 3.8) is 0 Å². The normalized spacial score (nSPS) is 9.64. The molecule has 0 unspecified atom stereocenters. The van der Waals surface area contributed by atoms with Gasteiger partial charge in [-0.3, -0.25) is 0 Å². The van der Waals surface area contributed by atoms with Crippen LogP contribution in [0.5, 0.6) is 5.75 Å². The van der Waals surface area contributed by atoms with Gasteiger partial charge in [-0.05, 0) is 12.1 Å². The topological polar surface area (TPSA) is 21.3 Å². The van der Waals surface area contributed by atoms with Crippen molar-refractivity contribution in [1.82, 2.24) is 0 Å². The molecule has 0 aromatic heterocycles. The summed E-state index contributed by atoms with van der Waals surface area (Å²) < 4.78 is 18.7. The zero-order valence-electron chi connectivity index (χ0n) is 7.81. The molecule has 0 atom stereocenters. The molecular formula is C10H11BrFNO. The van der Waals surface area contributed by atoms with Gasteiger partial charge in [0.2, 0.25) is 0 Å². The summed E-state index contributed by atoms with van der Waals surface area (Å²) in [7, 11) is 1.44. The highest BCUT2D eigenvalue weighted by Gasteiger charge is 2.02. The molecule has 0 saturated heterocycles. The molecule has 14 heavy (non-hydrogen) atoms. The monoisotopic (exact) mass is 259 g/mol. The Hall–Kier alpha value is -1.03. The first-order chi connectivity index (χ1) is 6.63. The van der Waals surface area contributed by atoms with Crippen LogP contribution in [0.15, 0.2) is 29.3 Å². The number of anilines is 1. The fourth-order valence-electron chi connectivity index (χ4n) is 0.968. The van der Waals surface area contributed by atoms with Crippen LogP contribution in [0.1, 0.15) is 0 Å². The van der Waals surface area contributed by atoms with Crippen LogP contribution in [0, 0.1) is 5.82 Å². The van der Waals surface area contributed by atoms with Crippen LogP contribution in [-0.4, -0.2) is 13.7 Å². The van der Waals surface area contributed by atoms with Crippen LogP contribution in [0.25, 0.3) is 0 Å². The third-order valence-electron chi connectivity index (χ3n) is 1.64. The molecule has 0 spiro atoms. The van der Waals surface area contributed by atoms with Crippen LogP contribution in [-0.2, 0) is 0 Å². The van der Waals surface area contributed by atoms with Gasteiger partial charge in [-0.2, -0.15) is 0 Å². The Kier molecular flexibility index (Phi) is 3.95. The third-order valence-corrected chi connectivity index (χ3v) is 1.92. The van der Waals surface area contributed by atoms with Gasteiger partial charge in [0.1, 0.15) is 0 Å². The fourth-order valence-corrected chi connectivity index (χ4v) is 1.11. The highest BCUT2D eigenvalue weighted by atomic mass is 79.9. The first kappa shape index (κ1) is 11.0. The van der Waals surface area contributed by atoms with Crippen LogP contribution < -0.4 is 10.1 Å². The molecular weight excluding hydrogens is 249 g/mol. The molecule has 76 valence electrons. The van der Waals surface area contributed by atoms with Crippen molar-refractivity contribution >= 4 is 21.6 Å². The minimum absolute atomic E-state index is 0.232. The Bertz CT molecular complexity index is 341. The summed E-state index contributed by atoms with van der Waals surface area (Å²) in [5.41, 5.74) is 0.795. The van der Waals surface area contributed by atoms with Gasteiger partial charge in [0.05, 0.1) is 7.11 Å². The number of halogens is 2. The van der Waals surface area contributed by atoms with Crippen molar-refractivity contribution in [1.29, 1.82) is 0 Å². The average Bonchev–Trinajstić information content (AvgIpc) is 2.16. The van der Waals surface area contributed by atoms with Gasteiger partial charge in [0.25, 0.3) is 0 Å². The molecule has 0 aliphatic heterocycles.